The van der Waals surface area contributed by atoms with E-state index in [-0.39, 0.29) is 0 Å². The fourth-order valence-electron chi connectivity index (χ4n) is 2.76. The molecular formula is C19H26N2O5. The molecular weight excluding hydrogens is 336 g/mol. The zero-order chi connectivity index (χ0) is 19.4. The van der Waals surface area contributed by atoms with Crippen molar-refractivity contribution in [2.45, 2.75) is 26.2 Å². The maximum atomic E-state index is 9.20. The molecule has 0 fully saturated rings. The number of hydrogen-bond acceptors (Lipinski definition) is 5. The summed E-state index contributed by atoms with van der Waals surface area (Å²) in [6.45, 7) is 5.58. The van der Waals surface area contributed by atoms with Gasteiger partial charge in [-0.15, -0.1) is 0 Å². The van der Waals surface area contributed by atoms with Gasteiger partial charge in [0.15, 0.2) is 0 Å². The topological polar surface area (TPSA) is 110 Å². The molecule has 0 aromatic heterocycles. The van der Waals surface area contributed by atoms with E-state index in [4.69, 9.17) is 19.8 Å². The van der Waals surface area contributed by atoms with Crippen molar-refractivity contribution in [2.24, 2.45) is 11.1 Å². The monoisotopic (exact) mass is 362 g/mol. The van der Waals surface area contributed by atoms with E-state index in [1.54, 1.807) is 0 Å². The Labute approximate surface area is 153 Å². The number of oxime groups is 1. The molecule has 0 spiro atoms. The van der Waals surface area contributed by atoms with Gasteiger partial charge in [0.2, 0.25) is 0 Å². The maximum absolute atomic E-state index is 9.20. The Hall–Kier alpha value is -2.67. The molecule has 142 valence electrons. The van der Waals surface area contributed by atoms with E-state index in [2.05, 4.69) is 29.1 Å². The molecule has 0 saturated carbocycles. The van der Waals surface area contributed by atoms with Gasteiger partial charge in [-0.2, -0.15) is 0 Å². The van der Waals surface area contributed by atoms with E-state index in [0.717, 1.165) is 37.2 Å². The van der Waals surface area contributed by atoms with Gasteiger partial charge in [-0.05, 0) is 37.3 Å². The molecule has 1 aromatic rings. The molecule has 1 heterocycles. The van der Waals surface area contributed by atoms with Crippen LogP contribution in [0.5, 0.6) is 0 Å². The first-order chi connectivity index (χ1) is 12.5. The van der Waals surface area contributed by atoms with Crippen LogP contribution in [0.3, 0.4) is 0 Å². The van der Waals surface area contributed by atoms with Crippen LogP contribution in [0.2, 0.25) is 0 Å². The number of carbonyl (C=O) groups is 2. The van der Waals surface area contributed by atoms with Gasteiger partial charge in [-0.1, -0.05) is 54.6 Å². The van der Waals surface area contributed by atoms with Crippen LogP contribution in [0.1, 0.15) is 31.7 Å². The van der Waals surface area contributed by atoms with E-state index in [1.807, 2.05) is 30.3 Å². The molecule has 1 aromatic carbocycles. The van der Waals surface area contributed by atoms with Gasteiger partial charge in [0.25, 0.3) is 0 Å². The highest BCUT2D eigenvalue weighted by Gasteiger charge is 2.16. The number of carboxylic acids is 2. The summed E-state index contributed by atoms with van der Waals surface area (Å²) in [5.41, 5.74) is 1.80. The third kappa shape index (κ3) is 7.94. The van der Waals surface area contributed by atoms with Gasteiger partial charge in [-0.3, -0.25) is 4.90 Å². The first-order valence-electron chi connectivity index (χ1n) is 8.59. The van der Waals surface area contributed by atoms with Gasteiger partial charge >= 0.3 is 11.9 Å². The number of benzene rings is 1. The molecule has 7 heteroatoms. The summed E-state index contributed by atoms with van der Waals surface area (Å²) in [6.07, 6.45) is 7.63. The van der Waals surface area contributed by atoms with Crippen LogP contribution >= 0.6 is 0 Å². The average molecular weight is 362 g/mol. The lowest BCUT2D eigenvalue weighted by atomic mass is 9.95. The zero-order valence-electron chi connectivity index (χ0n) is 14.9. The maximum Gasteiger partial charge on any atom is 0.414 e. The summed E-state index contributed by atoms with van der Waals surface area (Å²) >= 11 is 0. The van der Waals surface area contributed by atoms with Crippen molar-refractivity contribution in [1.29, 1.82) is 0 Å². The standard InChI is InChI=1S/C17H24N2O.C2H2O4/c1-2-12-19-13-6-7-15(14-19)10-11-17(18-20)16-8-4-3-5-9-16;3-1(4)2(5)6/h3-9,15,20H,2,10-14H2,1H3;(H,3,4)(H,5,6)/b18-17-;. The van der Waals surface area contributed by atoms with Crippen LogP contribution in [-0.2, 0) is 9.59 Å². The molecule has 0 saturated heterocycles. The molecule has 2 rings (SSSR count). The molecule has 1 atom stereocenters. The van der Waals surface area contributed by atoms with Crippen LogP contribution in [0, 0.1) is 5.92 Å². The summed E-state index contributed by atoms with van der Waals surface area (Å²) in [4.78, 5) is 20.7. The van der Waals surface area contributed by atoms with Crippen LogP contribution in [0.25, 0.3) is 0 Å². The van der Waals surface area contributed by atoms with Gasteiger partial charge in [-0.25, -0.2) is 9.59 Å². The van der Waals surface area contributed by atoms with Crippen molar-refractivity contribution in [3.63, 3.8) is 0 Å². The van der Waals surface area contributed by atoms with E-state index < -0.39 is 11.9 Å². The SMILES string of the molecule is CCCN1CC=CC(CC/C(=N/O)c2ccccc2)C1.O=C(O)C(=O)O. The lowest BCUT2D eigenvalue weighted by molar-refractivity contribution is -0.159. The Morgan fingerprint density at radius 3 is 2.38 bits per heavy atom. The second-order valence-corrected chi connectivity index (χ2v) is 6.01. The van der Waals surface area contributed by atoms with Crippen LogP contribution < -0.4 is 0 Å². The minimum Gasteiger partial charge on any atom is -0.473 e. The van der Waals surface area contributed by atoms with Gasteiger partial charge < -0.3 is 15.4 Å². The quantitative estimate of drug-likeness (QED) is 0.236. The highest BCUT2D eigenvalue weighted by atomic mass is 16.4. The van der Waals surface area contributed by atoms with Crippen LogP contribution in [0.15, 0.2) is 47.6 Å². The summed E-state index contributed by atoms with van der Waals surface area (Å²) in [5.74, 6) is -3.08. The second kappa shape index (κ2) is 11.8. The highest BCUT2D eigenvalue weighted by molar-refractivity contribution is 6.27. The normalized spacial score (nSPS) is 17.3. The molecule has 0 bridgehead atoms. The van der Waals surface area contributed by atoms with Gasteiger partial charge in [0.05, 0.1) is 5.71 Å². The lowest BCUT2D eigenvalue weighted by Crippen LogP contribution is -2.33. The lowest BCUT2D eigenvalue weighted by Gasteiger charge is -2.28. The first-order valence-corrected chi connectivity index (χ1v) is 8.59. The largest absolute Gasteiger partial charge is 0.473 e. The van der Waals surface area contributed by atoms with Crippen molar-refractivity contribution < 1.29 is 25.0 Å². The Morgan fingerprint density at radius 1 is 1.19 bits per heavy atom. The number of nitrogens with zero attached hydrogens (tertiary/aromatic N) is 2. The summed E-state index contributed by atoms with van der Waals surface area (Å²) in [5, 5.41) is 27.5. The Bertz CT molecular complexity index is 616. The van der Waals surface area contributed by atoms with Gasteiger partial charge in [0, 0.05) is 13.1 Å². The third-order valence-corrected chi connectivity index (χ3v) is 3.97. The Kier molecular flexibility index (Phi) is 9.71. The number of carboxylic acid groups (broad SMARTS) is 2. The molecule has 1 aliphatic heterocycles. The van der Waals surface area contributed by atoms with Crippen molar-refractivity contribution >= 4 is 17.7 Å². The molecule has 0 amide bonds. The van der Waals surface area contributed by atoms with Crippen molar-refractivity contribution in [3.05, 3.63) is 48.0 Å². The molecule has 3 N–H and O–H groups in total. The first kappa shape index (κ1) is 21.4. The molecule has 1 aliphatic rings. The number of aliphatic carboxylic acids is 2. The van der Waals surface area contributed by atoms with E-state index in [1.165, 1.54) is 13.0 Å². The van der Waals surface area contributed by atoms with Crippen LogP contribution in [0.4, 0.5) is 0 Å². The fourth-order valence-corrected chi connectivity index (χ4v) is 2.76. The highest BCUT2D eigenvalue weighted by Crippen LogP contribution is 2.17. The minimum absolute atomic E-state index is 0.566. The Balaban J connectivity index is 0.000000487. The van der Waals surface area contributed by atoms with Crippen molar-refractivity contribution in [2.75, 3.05) is 19.6 Å². The average Bonchev–Trinajstić information content (AvgIpc) is 2.64. The minimum atomic E-state index is -1.82. The summed E-state index contributed by atoms with van der Waals surface area (Å²) in [7, 11) is 0. The van der Waals surface area contributed by atoms with Crippen molar-refractivity contribution in [3.8, 4) is 0 Å². The second-order valence-electron chi connectivity index (χ2n) is 6.01. The molecule has 26 heavy (non-hydrogen) atoms. The predicted octanol–water partition coefficient (Wildman–Crippen LogP) is 2.70. The van der Waals surface area contributed by atoms with E-state index in [0.29, 0.717) is 5.92 Å². The third-order valence-electron chi connectivity index (χ3n) is 3.97. The predicted molar refractivity (Wildman–Crippen MR) is 98.6 cm³/mol. The van der Waals surface area contributed by atoms with E-state index >= 15 is 0 Å². The smallest absolute Gasteiger partial charge is 0.414 e. The van der Waals surface area contributed by atoms with E-state index in [9.17, 15) is 5.21 Å². The number of rotatable bonds is 6. The zero-order valence-corrected chi connectivity index (χ0v) is 14.9. The molecule has 0 radical (unpaired) electrons. The summed E-state index contributed by atoms with van der Waals surface area (Å²) < 4.78 is 0. The summed E-state index contributed by atoms with van der Waals surface area (Å²) in [6, 6.07) is 9.92. The Morgan fingerprint density at radius 2 is 1.85 bits per heavy atom. The van der Waals surface area contributed by atoms with Gasteiger partial charge in [0.1, 0.15) is 0 Å². The fraction of sp³-hybridized carbons (Fsp3) is 0.421. The van der Waals surface area contributed by atoms with Crippen LogP contribution in [-0.4, -0.2) is 57.6 Å². The van der Waals surface area contributed by atoms with Crippen molar-refractivity contribution in [1.82, 2.24) is 4.90 Å². The molecule has 0 aliphatic carbocycles. The number of hydrogen-bond donors (Lipinski definition) is 3. The molecule has 1 unspecified atom stereocenters. The molecule has 7 nitrogen and oxygen atoms in total.